The molecule has 1 atom stereocenters. The van der Waals surface area contributed by atoms with Crippen LogP contribution in [0.25, 0.3) is 11.5 Å². The largest absolute Gasteiger partial charge is 0.491 e. The van der Waals surface area contributed by atoms with Crippen LogP contribution in [-0.4, -0.2) is 43.6 Å². The van der Waals surface area contributed by atoms with Crippen LogP contribution >= 0.6 is 0 Å². The fraction of sp³-hybridized carbons (Fsp3) is 0.467. The first-order valence-corrected chi connectivity index (χ1v) is 6.95. The second-order valence-electron chi connectivity index (χ2n) is 4.78. The summed E-state index contributed by atoms with van der Waals surface area (Å²) in [7, 11) is 3.56. The minimum atomic E-state index is 0.312. The van der Waals surface area contributed by atoms with E-state index in [1.807, 2.05) is 31.3 Å². The van der Waals surface area contributed by atoms with Crippen LogP contribution in [0.1, 0.15) is 12.7 Å². The van der Waals surface area contributed by atoms with Crippen molar-refractivity contribution in [1.29, 1.82) is 0 Å². The number of nitrogens with one attached hydrogen (secondary N) is 1. The number of likely N-dealkylation sites (N-methyl/N-ethyl adjacent to an activating group) is 1. The molecule has 0 fully saturated rings. The topological polar surface area (TPSA) is 69.4 Å². The van der Waals surface area contributed by atoms with Gasteiger partial charge >= 0.3 is 0 Å². The van der Waals surface area contributed by atoms with Crippen molar-refractivity contribution in [3.05, 3.63) is 30.1 Å². The molecule has 6 nitrogen and oxygen atoms in total. The Morgan fingerprint density at radius 1 is 1.24 bits per heavy atom. The number of benzene rings is 1. The highest BCUT2D eigenvalue weighted by atomic mass is 16.5. The van der Waals surface area contributed by atoms with Gasteiger partial charge in [0.2, 0.25) is 0 Å². The highest BCUT2D eigenvalue weighted by Crippen LogP contribution is 2.21. The molecule has 2 rings (SSSR count). The molecule has 1 N–H and O–H groups in total. The maximum atomic E-state index is 5.51. The number of aromatic nitrogens is 2. The van der Waals surface area contributed by atoms with E-state index in [4.69, 9.17) is 14.0 Å². The number of hydrogen-bond acceptors (Lipinski definition) is 6. The van der Waals surface area contributed by atoms with Crippen LogP contribution in [0.15, 0.2) is 28.8 Å². The molecule has 0 aliphatic heterocycles. The Hall–Kier alpha value is -1.92. The average Bonchev–Trinajstić information content (AvgIpc) is 2.96. The van der Waals surface area contributed by atoms with E-state index in [-0.39, 0.29) is 0 Å². The molecule has 0 aliphatic rings. The summed E-state index contributed by atoms with van der Waals surface area (Å²) in [5.74, 6) is 2.02. The van der Waals surface area contributed by atoms with Crippen molar-refractivity contribution in [2.45, 2.75) is 19.4 Å². The van der Waals surface area contributed by atoms with Gasteiger partial charge in [0.25, 0.3) is 5.89 Å². The first kappa shape index (κ1) is 15.5. The van der Waals surface area contributed by atoms with E-state index in [0.29, 0.717) is 31.0 Å². The first-order chi connectivity index (χ1) is 10.2. The zero-order valence-electron chi connectivity index (χ0n) is 12.6. The molecule has 6 heteroatoms. The van der Waals surface area contributed by atoms with E-state index in [0.717, 1.165) is 17.7 Å². The summed E-state index contributed by atoms with van der Waals surface area (Å²) >= 11 is 0. The van der Waals surface area contributed by atoms with Crippen molar-refractivity contribution in [2.24, 2.45) is 0 Å². The quantitative estimate of drug-likeness (QED) is 0.749. The highest BCUT2D eigenvalue weighted by molar-refractivity contribution is 5.54. The number of rotatable bonds is 8. The zero-order valence-corrected chi connectivity index (χ0v) is 12.6. The van der Waals surface area contributed by atoms with E-state index in [1.54, 1.807) is 7.11 Å². The first-order valence-electron chi connectivity index (χ1n) is 6.95. The Labute approximate surface area is 124 Å². The molecule has 0 aliphatic carbocycles. The van der Waals surface area contributed by atoms with E-state index in [1.165, 1.54) is 0 Å². The van der Waals surface area contributed by atoms with Gasteiger partial charge in [0.15, 0.2) is 5.82 Å². The lowest BCUT2D eigenvalue weighted by molar-refractivity contribution is 0.146. The fourth-order valence-electron chi connectivity index (χ4n) is 1.77. The van der Waals surface area contributed by atoms with Gasteiger partial charge in [-0.05, 0) is 38.2 Å². The van der Waals surface area contributed by atoms with Crippen molar-refractivity contribution in [3.8, 4) is 17.2 Å². The van der Waals surface area contributed by atoms with Gasteiger partial charge in [-0.25, -0.2) is 0 Å². The lowest BCUT2D eigenvalue weighted by Crippen LogP contribution is -2.24. The molecular formula is C15H21N3O3. The van der Waals surface area contributed by atoms with Crippen LogP contribution in [0.5, 0.6) is 5.75 Å². The van der Waals surface area contributed by atoms with Crippen molar-refractivity contribution in [2.75, 3.05) is 27.4 Å². The molecule has 21 heavy (non-hydrogen) atoms. The lowest BCUT2D eigenvalue weighted by Gasteiger charge is -2.05. The summed E-state index contributed by atoms with van der Waals surface area (Å²) < 4.78 is 15.7. The molecule has 1 unspecified atom stereocenters. The number of ether oxygens (including phenoxy) is 2. The SMILES string of the molecule is CNC(C)Cc1noc(-c2ccc(OCCOC)cc2)n1. The Morgan fingerprint density at radius 2 is 2.00 bits per heavy atom. The van der Waals surface area contributed by atoms with Crippen molar-refractivity contribution in [1.82, 2.24) is 15.5 Å². The van der Waals surface area contributed by atoms with E-state index in [2.05, 4.69) is 22.4 Å². The zero-order chi connectivity index (χ0) is 15.1. The smallest absolute Gasteiger partial charge is 0.257 e. The van der Waals surface area contributed by atoms with Gasteiger partial charge in [-0.3, -0.25) is 0 Å². The molecule has 2 aromatic rings. The number of hydrogen-bond donors (Lipinski definition) is 1. The monoisotopic (exact) mass is 291 g/mol. The number of methoxy groups -OCH3 is 1. The summed E-state index contributed by atoms with van der Waals surface area (Å²) in [4.78, 5) is 4.39. The van der Waals surface area contributed by atoms with E-state index in [9.17, 15) is 0 Å². The van der Waals surface area contributed by atoms with E-state index >= 15 is 0 Å². The third kappa shape index (κ3) is 4.54. The third-order valence-electron chi connectivity index (χ3n) is 3.11. The molecule has 114 valence electrons. The third-order valence-corrected chi connectivity index (χ3v) is 3.11. The van der Waals surface area contributed by atoms with Gasteiger partial charge in [0.05, 0.1) is 6.61 Å². The standard InChI is InChI=1S/C15H21N3O3/c1-11(16-2)10-14-17-15(21-18-14)12-4-6-13(7-5-12)20-9-8-19-3/h4-7,11,16H,8-10H2,1-3H3. The molecule has 1 aromatic carbocycles. The predicted octanol–water partition coefficient (Wildman–Crippen LogP) is 1.91. The Balaban J connectivity index is 1.98. The summed E-state index contributed by atoms with van der Waals surface area (Å²) in [5, 5.41) is 7.14. The van der Waals surface area contributed by atoms with Crippen LogP contribution in [0.3, 0.4) is 0 Å². The molecule has 0 saturated carbocycles. The van der Waals surface area contributed by atoms with Gasteiger partial charge in [-0.15, -0.1) is 0 Å². The molecule has 0 amide bonds. The summed E-state index contributed by atoms with van der Waals surface area (Å²) in [6, 6.07) is 7.88. The van der Waals surface area contributed by atoms with Crippen LogP contribution < -0.4 is 10.1 Å². The Bertz CT molecular complexity index is 539. The van der Waals surface area contributed by atoms with Crippen molar-refractivity contribution < 1.29 is 14.0 Å². The summed E-state index contributed by atoms with van der Waals surface area (Å²) in [6.07, 6.45) is 0.734. The second kappa shape index (κ2) is 7.75. The van der Waals surface area contributed by atoms with Crippen molar-refractivity contribution in [3.63, 3.8) is 0 Å². The minimum absolute atomic E-state index is 0.312. The average molecular weight is 291 g/mol. The van der Waals surface area contributed by atoms with Gasteiger partial charge in [0.1, 0.15) is 12.4 Å². The Kier molecular flexibility index (Phi) is 5.71. The summed E-state index contributed by atoms with van der Waals surface area (Å²) in [5.41, 5.74) is 0.880. The van der Waals surface area contributed by atoms with Crippen LogP contribution in [0.2, 0.25) is 0 Å². The Morgan fingerprint density at radius 3 is 2.67 bits per heavy atom. The van der Waals surface area contributed by atoms with Gasteiger partial charge < -0.3 is 19.3 Å². The highest BCUT2D eigenvalue weighted by Gasteiger charge is 2.11. The predicted molar refractivity (Wildman–Crippen MR) is 79.3 cm³/mol. The maximum absolute atomic E-state index is 5.51. The molecule has 0 radical (unpaired) electrons. The normalized spacial score (nSPS) is 12.3. The van der Waals surface area contributed by atoms with Crippen molar-refractivity contribution >= 4 is 0 Å². The number of nitrogens with zero attached hydrogens (tertiary/aromatic N) is 2. The van der Waals surface area contributed by atoms with Gasteiger partial charge in [-0.1, -0.05) is 5.16 Å². The lowest BCUT2D eigenvalue weighted by atomic mass is 10.2. The molecular weight excluding hydrogens is 270 g/mol. The minimum Gasteiger partial charge on any atom is -0.491 e. The molecule has 1 aromatic heterocycles. The maximum Gasteiger partial charge on any atom is 0.257 e. The fourth-order valence-corrected chi connectivity index (χ4v) is 1.77. The van der Waals surface area contributed by atoms with E-state index < -0.39 is 0 Å². The van der Waals surface area contributed by atoms with Crippen LogP contribution in [-0.2, 0) is 11.2 Å². The molecule has 0 bridgehead atoms. The van der Waals surface area contributed by atoms with Gasteiger partial charge in [-0.2, -0.15) is 4.98 Å². The summed E-state index contributed by atoms with van der Waals surface area (Å²) in [6.45, 7) is 3.17. The van der Waals surface area contributed by atoms with Crippen LogP contribution in [0, 0.1) is 0 Å². The molecule has 1 heterocycles. The molecule has 0 spiro atoms. The second-order valence-corrected chi connectivity index (χ2v) is 4.78. The van der Waals surface area contributed by atoms with Crippen LogP contribution in [0.4, 0.5) is 0 Å². The van der Waals surface area contributed by atoms with Gasteiger partial charge in [0, 0.05) is 25.1 Å². The molecule has 0 saturated heterocycles.